The van der Waals surface area contributed by atoms with E-state index in [4.69, 9.17) is 5.73 Å². The zero-order valence-electron chi connectivity index (χ0n) is 19.7. The van der Waals surface area contributed by atoms with Gasteiger partial charge in [-0.3, -0.25) is 0 Å². The summed E-state index contributed by atoms with van der Waals surface area (Å²) in [5, 5.41) is 0. The van der Waals surface area contributed by atoms with Crippen LogP contribution < -0.4 is 10.6 Å². The van der Waals surface area contributed by atoms with E-state index in [2.05, 4.69) is 38.1 Å². The van der Waals surface area contributed by atoms with Gasteiger partial charge in [-0.05, 0) is 37.1 Å². The molecule has 1 atom stereocenters. The summed E-state index contributed by atoms with van der Waals surface area (Å²) in [6.45, 7) is 5.96. The molecular weight excluding hydrogens is 354 g/mol. The normalized spacial score (nSPS) is 17.2. The van der Waals surface area contributed by atoms with Gasteiger partial charge >= 0.3 is 0 Å². The summed E-state index contributed by atoms with van der Waals surface area (Å²) in [7, 11) is 4.88. The quantitative estimate of drug-likeness (QED) is 0.203. The Morgan fingerprint density at radius 1 is 0.828 bits per heavy atom. The van der Waals surface area contributed by atoms with Gasteiger partial charge in [-0.1, -0.05) is 71.1 Å². The summed E-state index contributed by atoms with van der Waals surface area (Å²) < 4.78 is 1.17. The number of anilines is 2. The molecular formula is C26H48N3+. The van der Waals surface area contributed by atoms with E-state index in [1.54, 1.807) is 0 Å². The molecule has 0 bridgehead atoms. The Morgan fingerprint density at radius 3 is 1.90 bits per heavy atom. The van der Waals surface area contributed by atoms with Crippen LogP contribution in [0, 0.1) is 0 Å². The topological polar surface area (TPSA) is 29.3 Å². The fourth-order valence-corrected chi connectivity index (χ4v) is 4.77. The van der Waals surface area contributed by atoms with Gasteiger partial charge in [-0.15, -0.1) is 0 Å². The highest BCUT2D eigenvalue weighted by Gasteiger charge is 2.34. The van der Waals surface area contributed by atoms with Crippen LogP contribution in [0.5, 0.6) is 0 Å². The number of rotatable bonds is 15. The highest BCUT2D eigenvalue weighted by Crippen LogP contribution is 2.26. The van der Waals surface area contributed by atoms with Crippen molar-refractivity contribution in [3.63, 3.8) is 0 Å². The van der Waals surface area contributed by atoms with Crippen molar-refractivity contribution in [1.82, 2.24) is 0 Å². The minimum Gasteiger partial charge on any atom is -0.399 e. The van der Waals surface area contributed by atoms with Gasteiger partial charge in [0.25, 0.3) is 0 Å². The maximum Gasteiger partial charge on any atom is 0.108 e. The van der Waals surface area contributed by atoms with Crippen LogP contribution in [-0.2, 0) is 0 Å². The summed E-state index contributed by atoms with van der Waals surface area (Å²) in [5.41, 5.74) is 8.02. The first-order valence-corrected chi connectivity index (χ1v) is 12.5. The average molecular weight is 403 g/mol. The van der Waals surface area contributed by atoms with E-state index in [0.717, 1.165) is 11.7 Å². The second-order valence-electron chi connectivity index (χ2n) is 9.87. The Hall–Kier alpha value is -1.22. The minimum atomic E-state index is 0.750. The van der Waals surface area contributed by atoms with E-state index in [9.17, 15) is 0 Å². The van der Waals surface area contributed by atoms with Crippen LogP contribution in [0.3, 0.4) is 0 Å². The van der Waals surface area contributed by atoms with Crippen molar-refractivity contribution in [2.75, 3.05) is 44.4 Å². The van der Waals surface area contributed by atoms with Gasteiger partial charge in [0.1, 0.15) is 6.04 Å². The standard InChI is InChI=1S/C26H48N3/c1-4-5-6-7-8-9-10-11-12-13-14-15-22-29(2,3)26-20-21-28(23-26)25-18-16-24(27)17-19-25/h16-19,26H,4-15,20-23,27H2,1-3H3/q+1. The second kappa shape index (κ2) is 13.2. The van der Waals surface area contributed by atoms with Gasteiger partial charge in [0.15, 0.2) is 0 Å². The Morgan fingerprint density at radius 2 is 1.34 bits per heavy atom. The zero-order chi connectivity index (χ0) is 21.0. The van der Waals surface area contributed by atoms with Crippen LogP contribution in [0.4, 0.5) is 11.4 Å². The maximum absolute atomic E-state index is 5.84. The first-order valence-electron chi connectivity index (χ1n) is 12.5. The molecule has 166 valence electrons. The smallest absolute Gasteiger partial charge is 0.108 e. The molecule has 0 saturated carbocycles. The van der Waals surface area contributed by atoms with E-state index in [-0.39, 0.29) is 0 Å². The number of hydrogen-bond donors (Lipinski definition) is 1. The lowest BCUT2D eigenvalue weighted by molar-refractivity contribution is -0.912. The van der Waals surface area contributed by atoms with Crippen LogP contribution in [0.1, 0.15) is 90.4 Å². The van der Waals surface area contributed by atoms with Gasteiger partial charge in [0.05, 0.1) is 27.2 Å². The molecule has 2 N–H and O–H groups in total. The molecule has 1 saturated heterocycles. The van der Waals surface area contributed by atoms with Gasteiger partial charge < -0.3 is 15.1 Å². The lowest BCUT2D eigenvalue weighted by Gasteiger charge is -2.36. The maximum atomic E-state index is 5.84. The molecule has 1 aliphatic rings. The number of benzene rings is 1. The summed E-state index contributed by atoms with van der Waals surface area (Å²) in [4.78, 5) is 2.53. The molecule has 1 fully saturated rings. The summed E-state index contributed by atoms with van der Waals surface area (Å²) >= 11 is 0. The molecule has 0 radical (unpaired) electrons. The molecule has 1 unspecified atom stereocenters. The van der Waals surface area contributed by atoms with Crippen LogP contribution in [0.25, 0.3) is 0 Å². The van der Waals surface area contributed by atoms with Crippen LogP contribution >= 0.6 is 0 Å². The van der Waals surface area contributed by atoms with Crippen molar-refractivity contribution in [1.29, 1.82) is 0 Å². The Labute approximate surface area is 181 Å². The molecule has 2 rings (SSSR count). The number of nitrogens with two attached hydrogens (primary N) is 1. The number of nitrogen functional groups attached to an aromatic ring is 1. The highest BCUT2D eigenvalue weighted by molar-refractivity contribution is 5.53. The number of quaternary nitrogens is 1. The third-order valence-electron chi connectivity index (χ3n) is 7.00. The number of unbranched alkanes of at least 4 members (excludes halogenated alkanes) is 11. The third-order valence-corrected chi connectivity index (χ3v) is 7.00. The summed E-state index contributed by atoms with van der Waals surface area (Å²) in [6, 6.07) is 9.14. The van der Waals surface area contributed by atoms with E-state index < -0.39 is 0 Å². The molecule has 1 heterocycles. The first-order chi connectivity index (χ1) is 14.0. The summed E-state index contributed by atoms with van der Waals surface area (Å²) in [5.74, 6) is 0. The van der Waals surface area contributed by atoms with Gasteiger partial charge in [0, 0.05) is 24.3 Å². The van der Waals surface area contributed by atoms with Gasteiger partial charge in [0.2, 0.25) is 0 Å². The predicted octanol–water partition coefficient (Wildman–Crippen LogP) is 6.63. The molecule has 1 aliphatic heterocycles. The molecule has 1 aromatic rings. The first kappa shape index (κ1) is 24.1. The molecule has 3 nitrogen and oxygen atoms in total. The fraction of sp³-hybridized carbons (Fsp3) is 0.769. The Balaban J connectivity index is 1.52. The van der Waals surface area contributed by atoms with Crippen molar-refractivity contribution in [3.05, 3.63) is 24.3 Å². The van der Waals surface area contributed by atoms with E-state index in [1.165, 1.54) is 113 Å². The van der Waals surface area contributed by atoms with Crippen LogP contribution in [0.15, 0.2) is 24.3 Å². The lowest BCUT2D eigenvalue weighted by atomic mass is 10.0. The van der Waals surface area contributed by atoms with Crippen molar-refractivity contribution >= 4 is 11.4 Å². The van der Waals surface area contributed by atoms with Crippen molar-refractivity contribution in [2.45, 2.75) is 96.4 Å². The number of hydrogen-bond acceptors (Lipinski definition) is 2. The van der Waals surface area contributed by atoms with Gasteiger partial charge in [-0.25, -0.2) is 0 Å². The SMILES string of the molecule is CCCCCCCCCCCCCC[N+](C)(C)C1CCN(c2ccc(N)cc2)C1. The predicted molar refractivity (Wildman–Crippen MR) is 130 cm³/mol. The lowest BCUT2D eigenvalue weighted by Crippen LogP contribution is -2.50. The summed E-state index contributed by atoms with van der Waals surface area (Å²) in [6.07, 6.45) is 18.5. The van der Waals surface area contributed by atoms with Crippen LogP contribution in [-0.4, -0.2) is 44.3 Å². The van der Waals surface area contributed by atoms with E-state index >= 15 is 0 Å². The Kier molecular flexibility index (Phi) is 10.9. The number of nitrogens with zero attached hydrogens (tertiary/aromatic N) is 2. The van der Waals surface area contributed by atoms with E-state index in [1.807, 2.05) is 12.1 Å². The molecule has 0 amide bonds. The third kappa shape index (κ3) is 8.99. The molecule has 1 aromatic carbocycles. The number of likely N-dealkylation sites (N-methyl/N-ethyl adjacent to an activating group) is 1. The molecule has 0 aromatic heterocycles. The second-order valence-corrected chi connectivity index (χ2v) is 9.87. The van der Waals surface area contributed by atoms with Crippen LogP contribution in [0.2, 0.25) is 0 Å². The molecule has 29 heavy (non-hydrogen) atoms. The molecule has 3 heteroatoms. The largest absolute Gasteiger partial charge is 0.399 e. The molecule has 0 spiro atoms. The Bertz CT molecular complexity index is 537. The van der Waals surface area contributed by atoms with Crippen molar-refractivity contribution in [3.8, 4) is 0 Å². The zero-order valence-corrected chi connectivity index (χ0v) is 19.7. The van der Waals surface area contributed by atoms with Crippen molar-refractivity contribution < 1.29 is 4.48 Å². The van der Waals surface area contributed by atoms with Crippen molar-refractivity contribution in [2.24, 2.45) is 0 Å². The minimum absolute atomic E-state index is 0.750. The highest BCUT2D eigenvalue weighted by atomic mass is 15.4. The fourth-order valence-electron chi connectivity index (χ4n) is 4.77. The molecule has 0 aliphatic carbocycles. The van der Waals surface area contributed by atoms with E-state index in [0.29, 0.717) is 0 Å². The average Bonchev–Trinajstić information content (AvgIpc) is 3.20. The monoisotopic (exact) mass is 402 g/mol. The van der Waals surface area contributed by atoms with Gasteiger partial charge in [-0.2, -0.15) is 0 Å².